The van der Waals surface area contributed by atoms with Crippen molar-refractivity contribution in [2.24, 2.45) is 5.92 Å². The van der Waals surface area contributed by atoms with E-state index in [1.807, 2.05) is 6.92 Å². The zero-order chi connectivity index (χ0) is 12.2. The maximum atomic E-state index is 11.8. The Hall–Kier alpha value is -0.940. The molecule has 1 aliphatic carbocycles. The van der Waals surface area contributed by atoms with Crippen LogP contribution in [0.25, 0.3) is 0 Å². The quantitative estimate of drug-likeness (QED) is 0.801. The van der Waals surface area contributed by atoms with Crippen LogP contribution in [0.1, 0.15) is 32.6 Å². The predicted molar refractivity (Wildman–Crippen MR) is 52.0 cm³/mol. The van der Waals surface area contributed by atoms with Crippen molar-refractivity contribution in [2.45, 2.75) is 44.8 Å². The molecule has 0 heterocycles. The summed E-state index contributed by atoms with van der Waals surface area (Å²) in [5.41, 5.74) is 0. The van der Waals surface area contributed by atoms with Gasteiger partial charge in [-0.3, -0.25) is 0 Å². The summed E-state index contributed by atoms with van der Waals surface area (Å²) in [5.74, 6) is 0.618. The molecule has 0 radical (unpaired) electrons. The van der Waals surface area contributed by atoms with E-state index in [1.165, 1.54) is 0 Å². The van der Waals surface area contributed by atoms with Gasteiger partial charge in [0.15, 0.2) is 6.61 Å². The first-order chi connectivity index (χ1) is 7.40. The molecule has 0 aliphatic heterocycles. The van der Waals surface area contributed by atoms with Crippen molar-refractivity contribution in [1.29, 1.82) is 0 Å². The summed E-state index contributed by atoms with van der Waals surface area (Å²) in [6.45, 7) is 0.357. The smallest absolute Gasteiger partial charge is 0.422 e. The van der Waals surface area contributed by atoms with Crippen molar-refractivity contribution in [3.63, 3.8) is 0 Å². The molecule has 16 heavy (non-hydrogen) atoms. The Morgan fingerprint density at radius 2 is 2.12 bits per heavy atom. The van der Waals surface area contributed by atoms with Crippen molar-refractivity contribution in [1.82, 2.24) is 5.32 Å². The van der Waals surface area contributed by atoms with Crippen molar-refractivity contribution in [3.8, 4) is 0 Å². The number of carbonyl (C=O) groups is 1. The number of hydrogen-bond donors (Lipinski definition) is 1. The second-order valence-corrected chi connectivity index (χ2v) is 4.12. The number of alkyl halides is 3. The number of nitrogens with one attached hydrogen (secondary N) is 1. The molecule has 94 valence electrons. The third-order valence-electron chi connectivity index (χ3n) is 2.50. The monoisotopic (exact) mass is 239 g/mol. The Morgan fingerprint density at radius 1 is 1.50 bits per heavy atom. The summed E-state index contributed by atoms with van der Waals surface area (Å²) < 4.78 is 39.3. The van der Waals surface area contributed by atoms with Gasteiger partial charge in [0.1, 0.15) is 0 Å². The van der Waals surface area contributed by atoms with Crippen LogP contribution in [0, 0.1) is 5.92 Å². The lowest BCUT2D eigenvalue weighted by Gasteiger charge is -2.16. The number of hydrogen-bond acceptors (Lipinski definition) is 2. The van der Waals surface area contributed by atoms with Gasteiger partial charge >= 0.3 is 12.3 Å². The number of amides is 1. The Morgan fingerprint density at radius 3 is 2.56 bits per heavy atom. The van der Waals surface area contributed by atoms with Crippen molar-refractivity contribution < 1.29 is 22.7 Å². The SMILES string of the molecule is CCC(CC1CC1)NC(=O)OCC(F)(F)F. The van der Waals surface area contributed by atoms with Gasteiger partial charge in [-0.25, -0.2) is 4.79 Å². The van der Waals surface area contributed by atoms with E-state index in [0.29, 0.717) is 12.3 Å². The Labute approximate surface area is 92.3 Å². The Bertz CT molecular complexity index is 239. The highest BCUT2D eigenvalue weighted by molar-refractivity contribution is 5.67. The van der Waals surface area contributed by atoms with E-state index >= 15 is 0 Å². The zero-order valence-corrected chi connectivity index (χ0v) is 9.14. The fraction of sp³-hybridized carbons (Fsp3) is 0.900. The van der Waals surface area contributed by atoms with E-state index in [-0.39, 0.29) is 6.04 Å². The first-order valence-electron chi connectivity index (χ1n) is 5.40. The first-order valence-corrected chi connectivity index (χ1v) is 5.40. The molecule has 0 bridgehead atoms. The molecule has 1 atom stereocenters. The van der Waals surface area contributed by atoms with Gasteiger partial charge in [0.05, 0.1) is 0 Å². The molecule has 0 spiro atoms. The van der Waals surface area contributed by atoms with E-state index in [4.69, 9.17) is 0 Å². The predicted octanol–water partition coefficient (Wildman–Crippen LogP) is 2.85. The van der Waals surface area contributed by atoms with E-state index < -0.39 is 18.9 Å². The summed E-state index contributed by atoms with van der Waals surface area (Å²) in [5, 5.41) is 2.45. The van der Waals surface area contributed by atoms with E-state index in [2.05, 4.69) is 10.1 Å². The average molecular weight is 239 g/mol. The van der Waals surface area contributed by atoms with Crippen LogP contribution in [0.5, 0.6) is 0 Å². The summed E-state index contributed by atoms with van der Waals surface area (Å²) >= 11 is 0. The molecule has 1 N–H and O–H groups in total. The zero-order valence-electron chi connectivity index (χ0n) is 9.14. The third kappa shape index (κ3) is 5.82. The largest absolute Gasteiger partial charge is 0.440 e. The molecule has 0 aromatic rings. The summed E-state index contributed by atoms with van der Waals surface area (Å²) in [6.07, 6.45) is -1.61. The topological polar surface area (TPSA) is 38.3 Å². The third-order valence-corrected chi connectivity index (χ3v) is 2.50. The van der Waals surface area contributed by atoms with Gasteiger partial charge in [-0.15, -0.1) is 0 Å². The van der Waals surface area contributed by atoms with E-state index in [1.54, 1.807) is 0 Å². The second-order valence-electron chi connectivity index (χ2n) is 4.12. The van der Waals surface area contributed by atoms with Crippen LogP contribution in [0.3, 0.4) is 0 Å². The molecule has 0 aromatic heterocycles. The minimum Gasteiger partial charge on any atom is -0.440 e. The molecule has 3 nitrogen and oxygen atoms in total. The average Bonchev–Trinajstić information content (AvgIpc) is 2.96. The van der Waals surface area contributed by atoms with E-state index in [9.17, 15) is 18.0 Å². The number of halogens is 3. The standard InChI is InChI=1S/C10H16F3NO2/c1-2-8(5-7-3-4-7)14-9(15)16-6-10(11,12)13/h7-8H,2-6H2,1H3,(H,14,15). The molecule has 0 aromatic carbocycles. The number of ether oxygens (including phenoxy) is 1. The molecule has 1 aliphatic rings. The number of carbonyl (C=O) groups excluding carboxylic acids is 1. The lowest BCUT2D eigenvalue weighted by atomic mass is 10.1. The van der Waals surface area contributed by atoms with Crippen LogP contribution >= 0.6 is 0 Å². The van der Waals surface area contributed by atoms with Gasteiger partial charge in [-0.1, -0.05) is 19.8 Å². The van der Waals surface area contributed by atoms with Crippen molar-refractivity contribution >= 4 is 6.09 Å². The highest BCUT2D eigenvalue weighted by Gasteiger charge is 2.30. The normalized spacial score (nSPS) is 18.0. The van der Waals surface area contributed by atoms with Crippen molar-refractivity contribution in [2.75, 3.05) is 6.61 Å². The Balaban J connectivity index is 2.19. The number of alkyl carbamates (subject to hydrolysis) is 1. The van der Waals surface area contributed by atoms with Gasteiger partial charge in [0.2, 0.25) is 0 Å². The van der Waals surface area contributed by atoms with Crippen LogP contribution in [0.4, 0.5) is 18.0 Å². The maximum Gasteiger partial charge on any atom is 0.422 e. The molecular weight excluding hydrogens is 223 g/mol. The highest BCUT2D eigenvalue weighted by atomic mass is 19.4. The summed E-state index contributed by atoms with van der Waals surface area (Å²) in [7, 11) is 0. The van der Waals surface area contributed by atoms with Crippen LogP contribution in [0.2, 0.25) is 0 Å². The van der Waals surface area contributed by atoms with Crippen LogP contribution in [-0.2, 0) is 4.74 Å². The lowest BCUT2D eigenvalue weighted by Crippen LogP contribution is -2.36. The molecule has 0 saturated heterocycles. The van der Waals surface area contributed by atoms with Gasteiger partial charge in [-0.2, -0.15) is 13.2 Å². The van der Waals surface area contributed by atoms with Crippen LogP contribution in [-0.4, -0.2) is 24.9 Å². The molecule has 1 amide bonds. The maximum absolute atomic E-state index is 11.8. The molecule has 1 fully saturated rings. The Kier molecular flexibility index (Phi) is 4.44. The van der Waals surface area contributed by atoms with Crippen molar-refractivity contribution in [3.05, 3.63) is 0 Å². The molecule has 1 saturated carbocycles. The van der Waals surface area contributed by atoms with E-state index in [0.717, 1.165) is 19.3 Å². The minimum atomic E-state index is -4.46. The first kappa shape index (κ1) is 13.1. The molecule has 1 rings (SSSR count). The lowest BCUT2D eigenvalue weighted by molar-refractivity contribution is -0.160. The second kappa shape index (κ2) is 5.41. The molecule has 1 unspecified atom stereocenters. The summed E-state index contributed by atoms with van der Waals surface area (Å²) in [6, 6.07) is -0.0757. The van der Waals surface area contributed by atoms with Crippen LogP contribution in [0.15, 0.2) is 0 Å². The molecule has 6 heteroatoms. The number of rotatable bonds is 5. The van der Waals surface area contributed by atoms with Crippen LogP contribution < -0.4 is 5.32 Å². The van der Waals surface area contributed by atoms with Gasteiger partial charge < -0.3 is 10.1 Å². The van der Waals surface area contributed by atoms with Gasteiger partial charge in [-0.05, 0) is 18.8 Å². The van der Waals surface area contributed by atoms with Gasteiger partial charge in [0.25, 0.3) is 0 Å². The fourth-order valence-electron chi connectivity index (χ4n) is 1.44. The summed E-state index contributed by atoms with van der Waals surface area (Å²) in [4.78, 5) is 11.0. The van der Waals surface area contributed by atoms with Gasteiger partial charge in [0, 0.05) is 6.04 Å². The highest BCUT2D eigenvalue weighted by Crippen LogP contribution is 2.34. The fourth-order valence-corrected chi connectivity index (χ4v) is 1.44. The molecular formula is C10H16F3NO2. The minimum absolute atomic E-state index is 0.0757.